The first kappa shape index (κ1) is 26.9. The van der Waals surface area contributed by atoms with E-state index < -0.39 is 15.7 Å². The predicted octanol–water partition coefficient (Wildman–Crippen LogP) is 5.39. The van der Waals surface area contributed by atoms with Gasteiger partial charge in [0.1, 0.15) is 5.75 Å². The Kier molecular flexibility index (Phi) is 7.25. The highest BCUT2D eigenvalue weighted by Gasteiger charge is 2.22. The molecule has 5 rings (SSSR count). The Morgan fingerprint density at radius 1 is 0.950 bits per heavy atom. The van der Waals surface area contributed by atoms with Gasteiger partial charge in [0.05, 0.1) is 40.3 Å². The number of nitrogens with one attached hydrogen (secondary N) is 1. The Morgan fingerprint density at radius 3 is 2.25 bits per heavy atom. The largest absolute Gasteiger partial charge is 0.497 e. The van der Waals surface area contributed by atoms with E-state index in [-0.39, 0.29) is 22.0 Å². The van der Waals surface area contributed by atoms with Crippen LogP contribution in [0.3, 0.4) is 0 Å². The van der Waals surface area contributed by atoms with Crippen molar-refractivity contribution >= 4 is 38.0 Å². The van der Waals surface area contributed by atoms with Crippen molar-refractivity contribution in [2.45, 2.75) is 23.3 Å². The van der Waals surface area contributed by atoms with Crippen molar-refractivity contribution in [1.29, 1.82) is 0 Å². The Bertz CT molecular complexity index is 1830. The van der Waals surface area contributed by atoms with Gasteiger partial charge < -0.3 is 20.9 Å². The van der Waals surface area contributed by atoms with Crippen LogP contribution in [0.25, 0.3) is 22.0 Å². The van der Waals surface area contributed by atoms with Crippen LogP contribution in [0.1, 0.15) is 21.5 Å². The van der Waals surface area contributed by atoms with E-state index in [9.17, 15) is 18.3 Å². The third-order valence-corrected chi connectivity index (χ3v) is 8.43. The van der Waals surface area contributed by atoms with Gasteiger partial charge in [-0.15, -0.1) is 0 Å². The van der Waals surface area contributed by atoms with Crippen molar-refractivity contribution in [3.05, 3.63) is 108 Å². The number of rotatable bonds is 8. The molecule has 0 unspecified atom stereocenters. The summed E-state index contributed by atoms with van der Waals surface area (Å²) in [6.45, 7) is 1.72. The van der Waals surface area contributed by atoms with Crippen molar-refractivity contribution < 1.29 is 23.1 Å². The maximum absolute atomic E-state index is 13.8. The van der Waals surface area contributed by atoms with E-state index in [4.69, 9.17) is 10.5 Å². The summed E-state index contributed by atoms with van der Waals surface area (Å²) in [7, 11) is -2.37. The Morgan fingerprint density at radius 2 is 1.62 bits per heavy atom. The molecule has 1 heterocycles. The van der Waals surface area contributed by atoms with Gasteiger partial charge in [0.2, 0.25) is 9.84 Å². The zero-order valence-electron chi connectivity index (χ0n) is 21.9. The number of primary amides is 1. The van der Waals surface area contributed by atoms with Gasteiger partial charge >= 0.3 is 0 Å². The van der Waals surface area contributed by atoms with Crippen LogP contribution in [0.2, 0.25) is 0 Å². The first-order valence-electron chi connectivity index (χ1n) is 12.4. The molecule has 0 aliphatic heterocycles. The Hall–Kier alpha value is -4.73. The number of aryl methyl sites for hydroxylation is 1. The number of pyridine rings is 1. The average Bonchev–Trinajstić information content (AvgIpc) is 2.97. The molecule has 0 spiro atoms. The van der Waals surface area contributed by atoms with Gasteiger partial charge in [0.15, 0.2) is 0 Å². The summed E-state index contributed by atoms with van der Waals surface area (Å²) < 4.78 is 32.8. The van der Waals surface area contributed by atoms with Crippen molar-refractivity contribution in [1.82, 2.24) is 4.98 Å². The standard InChI is InChI=1S/C31H27N3O5S/c1-19-14-26(40(37,38)25-12-10-22(11-13-25)21-8-6-20(18-35)7-9-21)16-27-29(19)33-17-28(31(32)36)30(27)34-23-4-3-5-24(15-23)39-2/h3-17,35H,18H2,1-2H3,(H2,32,36)(H,33,34). The first-order chi connectivity index (χ1) is 19.2. The molecule has 4 N–H and O–H groups in total. The minimum Gasteiger partial charge on any atom is -0.497 e. The molecule has 0 bridgehead atoms. The van der Waals surface area contributed by atoms with Crippen molar-refractivity contribution in [3.8, 4) is 16.9 Å². The third kappa shape index (κ3) is 5.12. The van der Waals surface area contributed by atoms with E-state index in [0.717, 1.165) is 16.7 Å². The first-order valence-corrected chi connectivity index (χ1v) is 13.9. The van der Waals surface area contributed by atoms with Crippen LogP contribution in [0, 0.1) is 6.92 Å². The topological polar surface area (TPSA) is 132 Å². The summed E-state index contributed by atoms with van der Waals surface area (Å²) in [5, 5.41) is 12.9. The lowest BCUT2D eigenvalue weighted by Gasteiger charge is -2.16. The van der Waals surface area contributed by atoms with E-state index >= 15 is 0 Å². The molecule has 202 valence electrons. The molecule has 9 heteroatoms. The quantitative estimate of drug-likeness (QED) is 0.235. The molecule has 1 aromatic heterocycles. The molecular weight excluding hydrogens is 526 g/mol. The number of anilines is 2. The maximum atomic E-state index is 13.8. The second-order valence-corrected chi connectivity index (χ2v) is 11.2. The monoisotopic (exact) mass is 553 g/mol. The van der Waals surface area contributed by atoms with Gasteiger partial charge in [0, 0.05) is 23.3 Å². The number of nitrogens with two attached hydrogens (primary N) is 1. The number of hydrogen-bond acceptors (Lipinski definition) is 7. The highest BCUT2D eigenvalue weighted by atomic mass is 32.2. The van der Waals surface area contributed by atoms with Gasteiger partial charge in [-0.3, -0.25) is 9.78 Å². The summed E-state index contributed by atoms with van der Waals surface area (Å²) in [6, 6.07) is 24.2. The fraction of sp³-hybridized carbons (Fsp3) is 0.0968. The summed E-state index contributed by atoms with van der Waals surface area (Å²) in [6.07, 6.45) is 1.39. The van der Waals surface area contributed by atoms with E-state index in [2.05, 4.69) is 10.3 Å². The zero-order chi connectivity index (χ0) is 28.4. The van der Waals surface area contributed by atoms with Gasteiger partial charge in [-0.1, -0.05) is 42.5 Å². The van der Waals surface area contributed by atoms with E-state index in [1.54, 1.807) is 68.6 Å². The predicted molar refractivity (Wildman–Crippen MR) is 155 cm³/mol. The number of fused-ring (bicyclic) bond motifs is 1. The van der Waals surface area contributed by atoms with Crippen molar-refractivity contribution in [2.24, 2.45) is 5.73 Å². The number of aliphatic hydroxyl groups is 1. The molecule has 0 saturated heterocycles. The molecule has 40 heavy (non-hydrogen) atoms. The van der Waals surface area contributed by atoms with Crippen LogP contribution in [0.15, 0.2) is 101 Å². The lowest BCUT2D eigenvalue weighted by atomic mass is 10.0. The summed E-state index contributed by atoms with van der Waals surface area (Å²) >= 11 is 0. The number of benzene rings is 4. The number of nitrogens with zero attached hydrogens (tertiary/aromatic N) is 1. The van der Waals surface area contributed by atoms with Gasteiger partial charge in [-0.2, -0.15) is 0 Å². The highest BCUT2D eigenvalue weighted by Crippen LogP contribution is 2.35. The maximum Gasteiger partial charge on any atom is 0.252 e. The number of amides is 1. The lowest BCUT2D eigenvalue weighted by Crippen LogP contribution is -2.14. The van der Waals surface area contributed by atoms with Crippen molar-refractivity contribution in [3.63, 3.8) is 0 Å². The SMILES string of the molecule is COc1cccc(Nc2c(C(N)=O)cnc3c(C)cc(S(=O)(=O)c4ccc(-c5ccc(CO)cc5)cc4)cc23)c1. The number of aliphatic hydroxyl groups excluding tert-OH is 1. The number of hydrogen-bond donors (Lipinski definition) is 3. The summed E-state index contributed by atoms with van der Waals surface area (Å²) in [4.78, 5) is 16.9. The van der Waals surface area contributed by atoms with Crippen LogP contribution in [-0.4, -0.2) is 31.5 Å². The van der Waals surface area contributed by atoms with Gasteiger partial charge in [-0.05, 0) is 65.6 Å². The normalized spacial score (nSPS) is 11.4. The molecule has 0 saturated carbocycles. The van der Waals surface area contributed by atoms with Crippen LogP contribution in [0.4, 0.5) is 11.4 Å². The van der Waals surface area contributed by atoms with E-state index in [0.29, 0.717) is 33.6 Å². The molecule has 0 aliphatic carbocycles. The number of sulfone groups is 1. The zero-order valence-corrected chi connectivity index (χ0v) is 22.7. The molecular formula is C31H27N3O5S. The van der Waals surface area contributed by atoms with Gasteiger partial charge in [-0.25, -0.2) is 8.42 Å². The van der Waals surface area contributed by atoms with E-state index in [1.165, 1.54) is 12.3 Å². The molecule has 0 atom stereocenters. The lowest BCUT2D eigenvalue weighted by molar-refractivity contribution is 0.100. The number of carbonyl (C=O) groups excluding carboxylic acids is 1. The number of ether oxygens (including phenoxy) is 1. The fourth-order valence-electron chi connectivity index (χ4n) is 4.53. The molecule has 4 aromatic carbocycles. The van der Waals surface area contributed by atoms with Crippen LogP contribution in [0.5, 0.6) is 5.75 Å². The van der Waals surface area contributed by atoms with Gasteiger partial charge in [0.25, 0.3) is 5.91 Å². The second-order valence-electron chi connectivity index (χ2n) is 9.29. The fourth-order valence-corrected chi connectivity index (χ4v) is 5.91. The smallest absolute Gasteiger partial charge is 0.252 e. The van der Waals surface area contributed by atoms with Crippen molar-refractivity contribution in [2.75, 3.05) is 12.4 Å². The third-order valence-electron chi connectivity index (χ3n) is 6.68. The minimum atomic E-state index is -3.92. The summed E-state index contributed by atoms with van der Waals surface area (Å²) in [5.41, 5.74) is 10.5. The second kappa shape index (κ2) is 10.8. The van der Waals surface area contributed by atoms with Crippen LogP contribution < -0.4 is 15.8 Å². The number of carbonyl (C=O) groups is 1. The molecule has 5 aromatic rings. The Labute approximate surface area is 232 Å². The number of aromatic nitrogens is 1. The Balaban J connectivity index is 1.59. The molecule has 0 radical (unpaired) electrons. The molecule has 1 amide bonds. The van der Waals surface area contributed by atoms with Crippen LogP contribution in [-0.2, 0) is 16.4 Å². The minimum absolute atomic E-state index is 0.0458. The molecule has 8 nitrogen and oxygen atoms in total. The molecule has 0 fully saturated rings. The highest BCUT2D eigenvalue weighted by molar-refractivity contribution is 7.91. The van der Waals surface area contributed by atoms with Crippen LogP contribution >= 0.6 is 0 Å². The summed E-state index contributed by atoms with van der Waals surface area (Å²) in [5.74, 6) is -0.0930. The number of methoxy groups -OCH3 is 1. The molecule has 0 aliphatic rings. The average molecular weight is 554 g/mol. The van der Waals surface area contributed by atoms with E-state index in [1.807, 2.05) is 24.3 Å².